The number of hydrogen-bond acceptors (Lipinski definition) is 1. The first-order chi connectivity index (χ1) is 18.2. The molecule has 0 bridgehead atoms. The van der Waals surface area contributed by atoms with Gasteiger partial charge in [-0.15, -0.1) is 0 Å². The standard InChI is InChI=1S/C33H23N2SSe/c1-20-22-9-5-8-14-30(22)37-33(20)31-32-25(17-18-34(31)2)26-19-21(15-16-29(26)36-32)35-27-12-6-3-10-23(27)24-11-4-7-13-28(24)35/h3-19H,1-2H3/q+1. The van der Waals surface area contributed by atoms with Crippen molar-refractivity contribution in [3.05, 3.63) is 109 Å². The fourth-order valence-corrected chi connectivity index (χ4v) is 10.0. The fraction of sp³-hybridized carbons (Fsp3) is 0.0606. The first-order valence-corrected chi connectivity index (χ1v) is 15.0. The van der Waals surface area contributed by atoms with Gasteiger partial charge in [0.05, 0.1) is 0 Å². The molecule has 0 aliphatic heterocycles. The molecule has 0 unspecified atom stereocenters. The maximum absolute atomic E-state index is 2.42. The molecule has 2 nitrogen and oxygen atoms in total. The van der Waals surface area contributed by atoms with Crippen molar-refractivity contribution in [3.8, 4) is 15.8 Å². The van der Waals surface area contributed by atoms with Crippen LogP contribution in [0, 0.1) is 6.92 Å². The minimum absolute atomic E-state index is 0.316. The Kier molecular flexibility index (Phi) is 4.57. The Bertz CT molecular complexity index is 2120. The summed E-state index contributed by atoms with van der Waals surface area (Å²) < 4.78 is 10.5. The van der Waals surface area contributed by atoms with Crippen LogP contribution in [-0.4, -0.2) is 19.1 Å². The second kappa shape index (κ2) is 7.90. The van der Waals surface area contributed by atoms with E-state index in [1.807, 2.05) is 11.3 Å². The molecule has 4 heterocycles. The Labute approximate surface area is 224 Å². The number of hydrogen-bond donors (Lipinski definition) is 0. The topological polar surface area (TPSA) is 8.81 Å². The molecule has 0 saturated heterocycles. The van der Waals surface area contributed by atoms with Crippen molar-refractivity contribution in [1.29, 1.82) is 0 Å². The summed E-state index contributed by atoms with van der Waals surface area (Å²) in [6, 6.07) is 35.7. The monoisotopic (exact) mass is 559 g/mol. The Balaban J connectivity index is 1.42. The summed E-state index contributed by atoms with van der Waals surface area (Å²) >= 11 is 2.25. The van der Waals surface area contributed by atoms with Crippen LogP contribution < -0.4 is 4.57 Å². The van der Waals surface area contributed by atoms with Gasteiger partial charge in [-0.05, 0) is 0 Å². The van der Waals surface area contributed by atoms with Crippen molar-refractivity contribution in [2.24, 2.45) is 7.05 Å². The normalized spacial score (nSPS) is 12.1. The number of pyridine rings is 1. The summed E-state index contributed by atoms with van der Waals surface area (Å²) in [5.74, 6) is 0. The molecular formula is C33H23N2SSe+. The van der Waals surface area contributed by atoms with Gasteiger partial charge >= 0.3 is 225 Å². The Morgan fingerprint density at radius 1 is 0.703 bits per heavy atom. The number of nitrogens with zero attached hydrogens (tertiary/aromatic N) is 2. The van der Waals surface area contributed by atoms with Crippen molar-refractivity contribution in [2.75, 3.05) is 0 Å². The van der Waals surface area contributed by atoms with E-state index in [9.17, 15) is 0 Å². The zero-order chi connectivity index (χ0) is 24.7. The quantitative estimate of drug-likeness (QED) is 0.150. The summed E-state index contributed by atoms with van der Waals surface area (Å²) in [5, 5.41) is 6.70. The van der Waals surface area contributed by atoms with Crippen LogP contribution in [0.2, 0.25) is 0 Å². The fourth-order valence-electron chi connectivity index (χ4n) is 5.87. The molecular weight excluding hydrogens is 535 g/mol. The van der Waals surface area contributed by atoms with Crippen molar-refractivity contribution >= 4 is 77.5 Å². The first kappa shape index (κ1) is 21.4. The van der Waals surface area contributed by atoms with E-state index in [1.54, 1.807) is 0 Å². The Hall–Kier alpha value is -3.69. The number of benzene rings is 4. The molecule has 0 aliphatic rings. The van der Waals surface area contributed by atoms with Gasteiger partial charge in [-0.2, -0.15) is 0 Å². The van der Waals surface area contributed by atoms with E-state index >= 15 is 0 Å². The predicted octanol–water partition coefficient (Wildman–Crippen LogP) is 8.16. The number of thiophene rings is 1. The van der Waals surface area contributed by atoms with E-state index in [-0.39, 0.29) is 0 Å². The SMILES string of the molecule is Cc1c(-c2c3sc4ccc(-n5c6ccccc6c6ccccc65)cc4c3cc[n+]2C)[se]c2ccccc12. The van der Waals surface area contributed by atoms with Gasteiger partial charge in [0.15, 0.2) is 0 Å². The van der Waals surface area contributed by atoms with E-state index in [1.165, 1.54) is 73.0 Å². The molecule has 8 rings (SSSR count). The number of rotatable bonds is 2. The Morgan fingerprint density at radius 2 is 1.38 bits per heavy atom. The van der Waals surface area contributed by atoms with Gasteiger partial charge in [-0.3, -0.25) is 0 Å². The van der Waals surface area contributed by atoms with Crippen LogP contribution in [0.1, 0.15) is 5.56 Å². The van der Waals surface area contributed by atoms with Crippen LogP contribution in [-0.2, 0) is 7.05 Å². The van der Waals surface area contributed by atoms with Crippen molar-refractivity contribution in [2.45, 2.75) is 6.92 Å². The van der Waals surface area contributed by atoms with Gasteiger partial charge in [0.1, 0.15) is 0 Å². The van der Waals surface area contributed by atoms with Crippen LogP contribution in [0.25, 0.3) is 67.4 Å². The summed E-state index contributed by atoms with van der Waals surface area (Å²) in [4.78, 5) is 0. The number of para-hydroxylation sites is 2. The molecule has 0 spiro atoms. The van der Waals surface area contributed by atoms with Crippen molar-refractivity contribution < 1.29 is 4.57 Å². The van der Waals surface area contributed by atoms with E-state index in [2.05, 4.69) is 126 Å². The number of aryl methyl sites for hydroxylation is 2. The zero-order valence-electron chi connectivity index (χ0n) is 20.5. The average molecular weight is 559 g/mol. The molecule has 37 heavy (non-hydrogen) atoms. The van der Waals surface area contributed by atoms with E-state index in [4.69, 9.17) is 0 Å². The van der Waals surface area contributed by atoms with E-state index in [0.717, 1.165) is 0 Å². The van der Waals surface area contributed by atoms with Crippen molar-refractivity contribution in [3.63, 3.8) is 0 Å². The predicted molar refractivity (Wildman–Crippen MR) is 159 cm³/mol. The van der Waals surface area contributed by atoms with Crippen LogP contribution in [0.15, 0.2) is 103 Å². The molecule has 0 saturated carbocycles. The summed E-state index contributed by atoms with van der Waals surface area (Å²) in [7, 11) is 2.20. The minimum atomic E-state index is 0.316. The van der Waals surface area contributed by atoms with Gasteiger partial charge < -0.3 is 0 Å². The number of fused-ring (bicyclic) bond motifs is 7. The summed E-state index contributed by atoms with van der Waals surface area (Å²) in [6.07, 6.45) is 2.25. The molecule has 8 aromatic rings. The molecule has 176 valence electrons. The van der Waals surface area contributed by atoms with E-state index in [0.29, 0.717) is 14.5 Å². The molecule has 0 radical (unpaired) electrons. The third-order valence-electron chi connectivity index (χ3n) is 7.64. The Morgan fingerprint density at radius 3 is 2.11 bits per heavy atom. The van der Waals surface area contributed by atoms with Crippen LogP contribution >= 0.6 is 11.3 Å². The van der Waals surface area contributed by atoms with E-state index < -0.39 is 0 Å². The number of aromatic nitrogens is 2. The molecule has 4 aromatic carbocycles. The molecule has 0 aliphatic carbocycles. The summed E-state index contributed by atoms with van der Waals surface area (Å²) in [6.45, 7) is 2.30. The molecule has 0 amide bonds. The molecule has 4 aromatic heterocycles. The van der Waals surface area contributed by atoms with Crippen molar-refractivity contribution in [1.82, 2.24) is 4.57 Å². The first-order valence-electron chi connectivity index (χ1n) is 12.5. The second-order valence-electron chi connectivity index (χ2n) is 9.72. The average Bonchev–Trinajstić information content (AvgIpc) is 3.58. The van der Waals surface area contributed by atoms with Crippen LogP contribution in [0.5, 0.6) is 0 Å². The van der Waals surface area contributed by atoms with Crippen LogP contribution in [0.3, 0.4) is 0 Å². The summed E-state index contributed by atoms with van der Waals surface area (Å²) in [5.41, 5.74) is 6.53. The third-order valence-corrected chi connectivity index (χ3v) is 11.5. The second-order valence-corrected chi connectivity index (χ2v) is 13.0. The van der Waals surface area contributed by atoms with Gasteiger partial charge in [0, 0.05) is 0 Å². The third kappa shape index (κ3) is 3.01. The molecule has 0 fully saturated rings. The zero-order valence-corrected chi connectivity index (χ0v) is 23.1. The maximum atomic E-state index is 2.42. The van der Waals surface area contributed by atoms with Gasteiger partial charge in [-0.1, -0.05) is 0 Å². The van der Waals surface area contributed by atoms with Crippen LogP contribution in [0.4, 0.5) is 0 Å². The van der Waals surface area contributed by atoms with Gasteiger partial charge in [-0.25, -0.2) is 0 Å². The van der Waals surface area contributed by atoms with Gasteiger partial charge in [0.25, 0.3) is 0 Å². The van der Waals surface area contributed by atoms with Gasteiger partial charge in [0.2, 0.25) is 0 Å². The molecule has 0 atom stereocenters. The molecule has 4 heteroatoms. The molecule has 0 N–H and O–H groups in total.